The zero-order valence-corrected chi connectivity index (χ0v) is 10.8. The summed E-state index contributed by atoms with van der Waals surface area (Å²) in [7, 11) is 0. The molecule has 2 bridgehead atoms. The lowest BCUT2D eigenvalue weighted by Gasteiger charge is -2.22. The van der Waals surface area contributed by atoms with Gasteiger partial charge in [-0.3, -0.25) is 5.43 Å². The fourth-order valence-electron chi connectivity index (χ4n) is 3.59. The number of aryl methyl sites for hydroxylation is 1. The molecule has 18 heavy (non-hydrogen) atoms. The lowest BCUT2D eigenvalue weighted by atomic mass is 9.89. The Morgan fingerprint density at radius 3 is 2.89 bits per heavy atom. The van der Waals surface area contributed by atoms with Gasteiger partial charge in [0.2, 0.25) is 5.95 Å². The number of fused-ring (bicyclic) bond motifs is 2. The van der Waals surface area contributed by atoms with Gasteiger partial charge in [-0.1, -0.05) is 6.42 Å². The van der Waals surface area contributed by atoms with Crippen LogP contribution in [0.25, 0.3) is 0 Å². The summed E-state index contributed by atoms with van der Waals surface area (Å²) in [4.78, 5) is 8.50. The first kappa shape index (κ1) is 11.7. The highest BCUT2D eigenvalue weighted by molar-refractivity contribution is 5.41. The highest BCUT2D eigenvalue weighted by Crippen LogP contribution is 2.48. The van der Waals surface area contributed by atoms with E-state index in [9.17, 15) is 0 Å². The number of nitrogens with one attached hydrogen (secondary N) is 2. The third kappa shape index (κ3) is 2.27. The van der Waals surface area contributed by atoms with Crippen molar-refractivity contribution >= 4 is 11.8 Å². The van der Waals surface area contributed by atoms with Gasteiger partial charge in [0.15, 0.2) is 0 Å². The zero-order chi connectivity index (χ0) is 12.5. The molecular weight excluding hydrogens is 226 g/mol. The van der Waals surface area contributed by atoms with Crippen molar-refractivity contribution < 1.29 is 0 Å². The molecule has 4 N–H and O–H groups in total. The first-order chi connectivity index (χ1) is 8.74. The predicted molar refractivity (Wildman–Crippen MR) is 72.0 cm³/mol. The molecule has 2 aliphatic carbocycles. The van der Waals surface area contributed by atoms with Gasteiger partial charge in [-0.15, -0.1) is 0 Å². The predicted octanol–water partition coefficient (Wildman–Crippen LogP) is 1.92. The summed E-state index contributed by atoms with van der Waals surface area (Å²) in [6.07, 6.45) is 5.72. The van der Waals surface area contributed by atoms with Gasteiger partial charge < -0.3 is 5.32 Å². The van der Waals surface area contributed by atoms with Crippen LogP contribution in [0.1, 0.15) is 31.4 Å². The topological polar surface area (TPSA) is 75.9 Å². The highest BCUT2D eigenvalue weighted by atomic mass is 15.3. The lowest BCUT2D eigenvalue weighted by molar-refractivity contribution is 0.348. The molecule has 2 saturated carbocycles. The molecule has 0 radical (unpaired) electrons. The second-order valence-corrected chi connectivity index (χ2v) is 5.68. The van der Waals surface area contributed by atoms with Gasteiger partial charge in [0.05, 0.1) is 0 Å². The van der Waals surface area contributed by atoms with E-state index in [2.05, 4.69) is 20.7 Å². The van der Waals surface area contributed by atoms with E-state index >= 15 is 0 Å². The van der Waals surface area contributed by atoms with Crippen molar-refractivity contribution in [1.82, 2.24) is 9.97 Å². The van der Waals surface area contributed by atoms with E-state index in [-0.39, 0.29) is 0 Å². The van der Waals surface area contributed by atoms with E-state index in [0.29, 0.717) is 5.95 Å². The Bertz CT molecular complexity index is 433. The fraction of sp³-hybridized carbons (Fsp3) is 0.692. The summed E-state index contributed by atoms with van der Waals surface area (Å²) in [5.74, 6) is 9.47. The van der Waals surface area contributed by atoms with Crippen molar-refractivity contribution in [2.24, 2.45) is 23.6 Å². The van der Waals surface area contributed by atoms with E-state index in [0.717, 1.165) is 35.8 Å². The van der Waals surface area contributed by atoms with E-state index in [1.165, 1.54) is 25.7 Å². The third-order valence-corrected chi connectivity index (χ3v) is 4.41. The van der Waals surface area contributed by atoms with Gasteiger partial charge in [0.1, 0.15) is 5.82 Å². The Hall–Kier alpha value is -1.36. The van der Waals surface area contributed by atoms with Gasteiger partial charge in [0.25, 0.3) is 0 Å². The summed E-state index contributed by atoms with van der Waals surface area (Å²) in [6.45, 7) is 2.98. The molecule has 3 unspecified atom stereocenters. The molecule has 1 aromatic heterocycles. The number of nitrogens with zero attached hydrogens (tertiary/aromatic N) is 2. The van der Waals surface area contributed by atoms with Crippen LogP contribution in [0.3, 0.4) is 0 Å². The first-order valence-corrected chi connectivity index (χ1v) is 6.81. The van der Waals surface area contributed by atoms with E-state index in [1.54, 1.807) is 0 Å². The van der Waals surface area contributed by atoms with Crippen molar-refractivity contribution in [3.8, 4) is 0 Å². The van der Waals surface area contributed by atoms with Crippen molar-refractivity contribution in [2.75, 3.05) is 17.3 Å². The number of hydrogen-bond acceptors (Lipinski definition) is 5. The average molecular weight is 247 g/mol. The number of anilines is 2. The number of nitrogens with two attached hydrogens (primary N) is 1. The minimum atomic E-state index is 0.477. The maximum absolute atomic E-state index is 5.35. The molecule has 0 aliphatic heterocycles. The molecular formula is C13H21N5. The molecule has 0 aromatic carbocycles. The summed E-state index contributed by atoms with van der Waals surface area (Å²) in [6, 6.07) is 1.97. The van der Waals surface area contributed by atoms with E-state index in [4.69, 9.17) is 5.84 Å². The molecule has 0 amide bonds. The maximum atomic E-state index is 5.35. The van der Waals surface area contributed by atoms with E-state index in [1.807, 2.05) is 13.0 Å². The Labute approximate surface area is 108 Å². The van der Waals surface area contributed by atoms with Crippen LogP contribution >= 0.6 is 0 Å². The standard InChI is InChI=1S/C13H21N5/c1-8-4-12(17-13(16-8)18-14)15-7-11-6-9-2-3-10(11)5-9/h4,9-11H,2-3,5-7,14H2,1H3,(H2,15,16,17,18). The molecule has 98 valence electrons. The summed E-state index contributed by atoms with van der Waals surface area (Å²) >= 11 is 0. The second kappa shape index (κ2) is 4.72. The minimum Gasteiger partial charge on any atom is -0.370 e. The second-order valence-electron chi connectivity index (χ2n) is 5.68. The number of rotatable bonds is 4. The number of hydrogen-bond donors (Lipinski definition) is 3. The summed E-state index contributed by atoms with van der Waals surface area (Å²) < 4.78 is 0. The quantitative estimate of drug-likeness (QED) is 0.560. The van der Waals surface area contributed by atoms with Gasteiger partial charge in [-0.2, -0.15) is 4.98 Å². The Morgan fingerprint density at radius 1 is 1.33 bits per heavy atom. The summed E-state index contributed by atoms with van der Waals surface area (Å²) in [5.41, 5.74) is 3.43. The maximum Gasteiger partial charge on any atom is 0.239 e. The molecule has 5 heteroatoms. The molecule has 3 atom stereocenters. The Morgan fingerprint density at radius 2 is 2.22 bits per heavy atom. The molecule has 1 heterocycles. The Balaban J connectivity index is 1.61. The van der Waals surface area contributed by atoms with Crippen LogP contribution in [0.2, 0.25) is 0 Å². The first-order valence-electron chi connectivity index (χ1n) is 6.81. The smallest absolute Gasteiger partial charge is 0.239 e. The molecule has 0 saturated heterocycles. The van der Waals surface area contributed by atoms with Crippen LogP contribution in [-0.4, -0.2) is 16.5 Å². The highest BCUT2D eigenvalue weighted by Gasteiger charge is 2.39. The van der Waals surface area contributed by atoms with Crippen molar-refractivity contribution in [3.63, 3.8) is 0 Å². The van der Waals surface area contributed by atoms with Gasteiger partial charge in [-0.25, -0.2) is 10.8 Å². The monoisotopic (exact) mass is 247 g/mol. The van der Waals surface area contributed by atoms with Crippen LogP contribution in [0.4, 0.5) is 11.8 Å². The lowest BCUT2D eigenvalue weighted by Crippen LogP contribution is -2.21. The SMILES string of the molecule is Cc1cc(NCC2CC3CCC2C3)nc(NN)n1. The van der Waals surface area contributed by atoms with Gasteiger partial charge in [0, 0.05) is 18.3 Å². The zero-order valence-electron chi connectivity index (χ0n) is 10.8. The van der Waals surface area contributed by atoms with Crippen molar-refractivity contribution in [2.45, 2.75) is 32.6 Å². The van der Waals surface area contributed by atoms with Crippen LogP contribution in [0.15, 0.2) is 6.07 Å². The van der Waals surface area contributed by atoms with Gasteiger partial charge in [-0.05, 0) is 43.9 Å². The third-order valence-electron chi connectivity index (χ3n) is 4.41. The largest absolute Gasteiger partial charge is 0.370 e. The van der Waals surface area contributed by atoms with Crippen LogP contribution in [-0.2, 0) is 0 Å². The van der Waals surface area contributed by atoms with Crippen LogP contribution in [0, 0.1) is 24.7 Å². The van der Waals surface area contributed by atoms with E-state index < -0.39 is 0 Å². The van der Waals surface area contributed by atoms with Crippen LogP contribution in [0.5, 0.6) is 0 Å². The Kier molecular flexibility index (Phi) is 3.07. The molecule has 1 aromatic rings. The average Bonchev–Trinajstić information content (AvgIpc) is 2.97. The molecule has 5 nitrogen and oxygen atoms in total. The summed E-state index contributed by atoms with van der Waals surface area (Å²) in [5, 5.41) is 3.44. The number of nitrogen functional groups attached to an aromatic ring is 1. The number of aromatic nitrogens is 2. The molecule has 2 aliphatic rings. The molecule has 0 spiro atoms. The van der Waals surface area contributed by atoms with Gasteiger partial charge >= 0.3 is 0 Å². The number of hydrazine groups is 1. The van der Waals surface area contributed by atoms with Crippen molar-refractivity contribution in [3.05, 3.63) is 11.8 Å². The normalized spacial score (nSPS) is 29.6. The van der Waals surface area contributed by atoms with Crippen molar-refractivity contribution in [1.29, 1.82) is 0 Å². The fourth-order valence-corrected chi connectivity index (χ4v) is 3.59. The minimum absolute atomic E-state index is 0.477. The molecule has 3 rings (SSSR count). The molecule has 2 fully saturated rings. The van der Waals surface area contributed by atoms with Crippen LogP contribution < -0.4 is 16.6 Å².